The van der Waals surface area contributed by atoms with Crippen LogP contribution in [-0.2, 0) is 9.53 Å². The SMILES string of the molecule is O=CC1C2COC[C@@H]12. The summed E-state index contributed by atoms with van der Waals surface area (Å²) in [5.74, 6) is 1.57. The van der Waals surface area contributed by atoms with Gasteiger partial charge in [0.2, 0.25) is 0 Å². The van der Waals surface area contributed by atoms with Gasteiger partial charge in [-0.05, 0) is 11.8 Å². The predicted molar refractivity (Wildman–Crippen MR) is 27.4 cm³/mol. The van der Waals surface area contributed by atoms with E-state index in [0.29, 0.717) is 17.8 Å². The van der Waals surface area contributed by atoms with E-state index in [9.17, 15) is 4.79 Å². The molecule has 44 valence electrons. The van der Waals surface area contributed by atoms with E-state index >= 15 is 0 Å². The largest absolute Gasteiger partial charge is 0.381 e. The van der Waals surface area contributed by atoms with Crippen LogP contribution in [0.15, 0.2) is 0 Å². The molecule has 0 amide bonds. The molecule has 1 saturated heterocycles. The van der Waals surface area contributed by atoms with Crippen molar-refractivity contribution in [1.29, 1.82) is 0 Å². The van der Waals surface area contributed by atoms with E-state index in [4.69, 9.17) is 4.74 Å². The van der Waals surface area contributed by atoms with Gasteiger partial charge < -0.3 is 9.53 Å². The molecule has 2 heteroatoms. The third-order valence-corrected chi connectivity index (χ3v) is 2.18. The van der Waals surface area contributed by atoms with E-state index in [1.54, 1.807) is 0 Å². The number of fused-ring (bicyclic) bond motifs is 1. The molecular weight excluding hydrogens is 104 g/mol. The predicted octanol–water partition coefficient (Wildman–Crippen LogP) is 0.0777. The lowest BCUT2D eigenvalue weighted by molar-refractivity contribution is -0.110. The maximum absolute atomic E-state index is 10.1. The summed E-state index contributed by atoms with van der Waals surface area (Å²) in [5.41, 5.74) is 0. The first kappa shape index (κ1) is 4.50. The Balaban J connectivity index is 2.03. The van der Waals surface area contributed by atoms with E-state index in [1.807, 2.05) is 0 Å². The van der Waals surface area contributed by atoms with E-state index in [0.717, 1.165) is 19.5 Å². The first-order chi connectivity index (χ1) is 3.93. The highest BCUT2D eigenvalue weighted by atomic mass is 16.5. The highest BCUT2D eigenvalue weighted by molar-refractivity contribution is 5.60. The molecule has 1 heterocycles. The smallest absolute Gasteiger partial charge is 0.123 e. The van der Waals surface area contributed by atoms with Crippen LogP contribution in [0.1, 0.15) is 0 Å². The molecule has 1 saturated carbocycles. The van der Waals surface area contributed by atoms with Crippen LogP contribution in [0.4, 0.5) is 0 Å². The van der Waals surface area contributed by atoms with Gasteiger partial charge in [-0.2, -0.15) is 0 Å². The molecule has 2 nitrogen and oxygen atoms in total. The molecule has 0 aromatic rings. The fraction of sp³-hybridized carbons (Fsp3) is 0.833. The highest BCUT2D eigenvalue weighted by Crippen LogP contribution is 2.48. The van der Waals surface area contributed by atoms with Gasteiger partial charge in [-0.1, -0.05) is 0 Å². The average molecular weight is 112 g/mol. The summed E-state index contributed by atoms with van der Waals surface area (Å²) < 4.78 is 5.08. The molecule has 3 atom stereocenters. The zero-order valence-corrected chi connectivity index (χ0v) is 4.54. The lowest BCUT2D eigenvalue weighted by Gasteiger charge is -1.92. The van der Waals surface area contributed by atoms with Crippen LogP contribution in [0.25, 0.3) is 0 Å². The lowest BCUT2D eigenvalue weighted by atomic mass is 10.3. The standard InChI is InChI=1S/C6H8O2/c7-1-4-5-2-8-3-6(4)5/h1,4-6H,2-3H2/t4?,5-,6?/m0/s1. The van der Waals surface area contributed by atoms with Crippen molar-refractivity contribution in [2.45, 2.75) is 0 Å². The summed E-state index contributed by atoms with van der Waals surface area (Å²) in [6.07, 6.45) is 1.07. The van der Waals surface area contributed by atoms with Crippen molar-refractivity contribution in [3.05, 3.63) is 0 Å². The van der Waals surface area contributed by atoms with Gasteiger partial charge in [0.05, 0.1) is 13.2 Å². The maximum atomic E-state index is 10.1. The minimum absolute atomic E-state index is 0.365. The van der Waals surface area contributed by atoms with Gasteiger partial charge in [-0.25, -0.2) is 0 Å². The van der Waals surface area contributed by atoms with Crippen LogP contribution in [0.2, 0.25) is 0 Å². The monoisotopic (exact) mass is 112 g/mol. The third kappa shape index (κ3) is 0.388. The number of hydrogen-bond acceptors (Lipinski definition) is 2. The molecule has 2 rings (SSSR count). The summed E-state index contributed by atoms with van der Waals surface area (Å²) >= 11 is 0. The fourth-order valence-electron chi connectivity index (χ4n) is 1.49. The second kappa shape index (κ2) is 1.32. The molecule has 2 unspecified atom stereocenters. The summed E-state index contributed by atoms with van der Waals surface area (Å²) in [5, 5.41) is 0. The summed E-state index contributed by atoms with van der Waals surface area (Å²) in [6.45, 7) is 1.65. The van der Waals surface area contributed by atoms with E-state index in [-0.39, 0.29) is 0 Å². The van der Waals surface area contributed by atoms with Crippen molar-refractivity contribution in [2.24, 2.45) is 17.8 Å². The summed E-state index contributed by atoms with van der Waals surface area (Å²) in [7, 11) is 0. The van der Waals surface area contributed by atoms with Gasteiger partial charge in [0, 0.05) is 5.92 Å². The van der Waals surface area contributed by atoms with Gasteiger partial charge in [0.25, 0.3) is 0 Å². The van der Waals surface area contributed by atoms with Crippen LogP contribution >= 0.6 is 0 Å². The quantitative estimate of drug-likeness (QED) is 0.449. The fourth-order valence-corrected chi connectivity index (χ4v) is 1.49. The lowest BCUT2D eigenvalue weighted by Crippen LogP contribution is -1.97. The normalized spacial score (nSPS) is 50.8. The van der Waals surface area contributed by atoms with Gasteiger partial charge in [-0.3, -0.25) is 0 Å². The average Bonchev–Trinajstić information content (AvgIpc) is 2.22. The summed E-state index contributed by atoms with van der Waals surface area (Å²) in [4.78, 5) is 10.1. The molecule has 0 spiro atoms. The van der Waals surface area contributed by atoms with Crippen molar-refractivity contribution in [2.75, 3.05) is 13.2 Å². The molecular formula is C6H8O2. The van der Waals surface area contributed by atoms with E-state index in [1.165, 1.54) is 0 Å². The van der Waals surface area contributed by atoms with Crippen molar-refractivity contribution >= 4 is 6.29 Å². The zero-order chi connectivity index (χ0) is 5.56. The van der Waals surface area contributed by atoms with Crippen LogP contribution in [0, 0.1) is 17.8 Å². The zero-order valence-electron chi connectivity index (χ0n) is 4.54. The van der Waals surface area contributed by atoms with Crippen LogP contribution < -0.4 is 0 Å². The van der Waals surface area contributed by atoms with Crippen LogP contribution in [0.5, 0.6) is 0 Å². The number of carbonyl (C=O) groups excluding carboxylic acids is 1. The molecule has 1 aliphatic heterocycles. The minimum Gasteiger partial charge on any atom is -0.381 e. The van der Waals surface area contributed by atoms with E-state index < -0.39 is 0 Å². The highest BCUT2D eigenvalue weighted by Gasteiger charge is 2.53. The van der Waals surface area contributed by atoms with Gasteiger partial charge in [0.1, 0.15) is 6.29 Å². The Labute approximate surface area is 47.8 Å². The van der Waals surface area contributed by atoms with Crippen molar-refractivity contribution < 1.29 is 9.53 Å². The van der Waals surface area contributed by atoms with E-state index in [2.05, 4.69) is 0 Å². The van der Waals surface area contributed by atoms with Crippen molar-refractivity contribution in [3.63, 3.8) is 0 Å². The summed E-state index contributed by atoms with van der Waals surface area (Å²) in [6, 6.07) is 0. The third-order valence-electron chi connectivity index (χ3n) is 2.18. The van der Waals surface area contributed by atoms with Crippen molar-refractivity contribution in [1.82, 2.24) is 0 Å². The van der Waals surface area contributed by atoms with Gasteiger partial charge in [0.15, 0.2) is 0 Å². The van der Waals surface area contributed by atoms with Crippen molar-refractivity contribution in [3.8, 4) is 0 Å². The first-order valence-corrected chi connectivity index (χ1v) is 2.96. The molecule has 2 fully saturated rings. The molecule has 0 bridgehead atoms. The number of carbonyl (C=O) groups is 1. The Morgan fingerprint density at radius 3 is 2.38 bits per heavy atom. The Morgan fingerprint density at radius 2 is 2.00 bits per heavy atom. The number of aldehydes is 1. The second-order valence-corrected chi connectivity index (χ2v) is 2.58. The molecule has 1 aliphatic carbocycles. The van der Waals surface area contributed by atoms with Gasteiger partial charge >= 0.3 is 0 Å². The molecule has 0 aromatic heterocycles. The Bertz CT molecular complexity index is 112. The first-order valence-electron chi connectivity index (χ1n) is 2.96. The molecule has 0 N–H and O–H groups in total. The van der Waals surface area contributed by atoms with Gasteiger partial charge in [-0.15, -0.1) is 0 Å². The Hall–Kier alpha value is -0.370. The molecule has 0 radical (unpaired) electrons. The maximum Gasteiger partial charge on any atom is 0.123 e. The minimum atomic E-state index is 0.365. The number of rotatable bonds is 1. The number of hydrogen-bond donors (Lipinski definition) is 0. The molecule has 0 aromatic carbocycles. The topological polar surface area (TPSA) is 26.3 Å². The second-order valence-electron chi connectivity index (χ2n) is 2.58. The number of ether oxygens (including phenoxy) is 1. The molecule has 8 heavy (non-hydrogen) atoms. The van der Waals surface area contributed by atoms with Crippen LogP contribution in [0.3, 0.4) is 0 Å². The molecule has 2 aliphatic rings. The Kier molecular flexibility index (Phi) is 0.742. The van der Waals surface area contributed by atoms with Crippen LogP contribution in [-0.4, -0.2) is 19.5 Å². The Morgan fingerprint density at radius 1 is 1.38 bits per heavy atom.